The number of benzene rings is 1. The number of pyridine rings is 1. The van der Waals surface area contributed by atoms with Gasteiger partial charge in [0.25, 0.3) is 11.6 Å². The standard InChI is InChI=1S/C16H11FN4O3/c1-9-11-6-10(7-18-16(11)24-21-9)15-20-19-14(23-15)8-22-13-5-3-2-4-12(13)17/h2-7H,8H2,1H3. The minimum atomic E-state index is -0.449. The molecular weight excluding hydrogens is 315 g/mol. The van der Waals surface area contributed by atoms with Gasteiger partial charge in [0.2, 0.25) is 5.89 Å². The predicted octanol–water partition coefficient (Wildman–Crippen LogP) is 3.30. The molecule has 8 heteroatoms. The summed E-state index contributed by atoms with van der Waals surface area (Å²) >= 11 is 0. The van der Waals surface area contributed by atoms with Crippen molar-refractivity contribution in [2.75, 3.05) is 0 Å². The summed E-state index contributed by atoms with van der Waals surface area (Å²) in [6, 6.07) is 7.92. The number of para-hydroxylation sites is 1. The maximum Gasteiger partial charge on any atom is 0.257 e. The van der Waals surface area contributed by atoms with Crippen molar-refractivity contribution in [2.24, 2.45) is 0 Å². The molecule has 0 N–H and O–H groups in total. The molecule has 120 valence electrons. The Bertz CT molecular complexity index is 1010. The molecule has 0 saturated carbocycles. The summed E-state index contributed by atoms with van der Waals surface area (Å²) in [7, 11) is 0. The van der Waals surface area contributed by atoms with Crippen molar-refractivity contribution >= 4 is 11.1 Å². The van der Waals surface area contributed by atoms with Crippen molar-refractivity contribution in [3.63, 3.8) is 0 Å². The van der Waals surface area contributed by atoms with Crippen LogP contribution in [0.15, 0.2) is 45.5 Å². The van der Waals surface area contributed by atoms with Gasteiger partial charge in [-0.25, -0.2) is 9.37 Å². The van der Waals surface area contributed by atoms with E-state index in [2.05, 4.69) is 20.3 Å². The number of halogens is 1. The van der Waals surface area contributed by atoms with E-state index >= 15 is 0 Å². The molecule has 0 unspecified atom stereocenters. The first kappa shape index (κ1) is 14.3. The summed E-state index contributed by atoms with van der Waals surface area (Å²) < 4.78 is 29.4. The molecule has 0 bridgehead atoms. The SMILES string of the molecule is Cc1noc2ncc(-c3nnc(COc4ccccc4F)o3)cc12. The van der Waals surface area contributed by atoms with E-state index in [1.54, 1.807) is 18.3 Å². The van der Waals surface area contributed by atoms with Gasteiger partial charge in [-0.15, -0.1) is 10.2 Å². The Balaban J connectivity index is 1.55. The molecule has 0 aliphatic rings. The zero-order valence-electron chi connectivity index (χ0n) is 12.6. The molecule has 24 heavy (non-hydrogen) atoms. The third kappa shape index (κ3) is 2.58. The molecule has 0 aliphatic carbocycles. The third-order valence-electron chi connectivity index (χ3n) is 3.41. The van der Waals surface area contributed by atoms with Crippen LogP contribution in [0, 0.1) is 12.7 Å². The Morgan fingerprint density at radius 3 is 2.96 bits per heavy atom. The maximum atomic E-state index is 13.5. The quantitative estimate of drug-likeness (QED) is 0.568. The fourth-order valence-corrected chi connectivity index (χ4v) is 2.19. The van der Waals surface area contributed by atoms with Gasteiger partial charge in [0, 0.05) is 6.20 Å². The molecular formula is C16H11FN4O3. The Morgan fingerprint density at radius 1 is 1.21 bits per heavy atom. The van der Waals surface area contributed by atoms with Crippen molar-refractivity contribution in [3.05, 3.63) is 53.9 Å². The van der Waals surface area contributed by atoms with Crippen LogP contribution in [-0.2, 0) is 6.61 Å². The van der Waals surface area contributed by atoms with E-state index in [1.165, 1.54) is 12.1 Å². The van der Waals surface area contributed by atoms with E-state index in [4.69, 9.17) is 13.7 Å². The lowest BCUT2D eigenvalue weighted by atomic mass is 10.2. The van der Waals surface area contributed by atoms with Crippen LogP contribution in [0.3, 0.4) is 0 Å². The monoisotopic (exact) mass is 326 g/mol. The van der Waals surface area contributed by atoms with Crippen LogP contribution in [0.4, 0.5) is 4.39 Å². The topological polar surface area (TPSA) is 87.1 Å². The van der Waals surface area contributed by atoms with Crippen molar-refractivity contribution in [3.8, 4) is 17.2 Å². The van der Waals surface area contributed by atoms with Gasteiger partial charge < -0.3 is 13.7 Å². The summed E-state index contributed by atoms with van der Waals surface area (Å²) in [5.74, 6) is 0.197. The maximum absolute atomic E-state index is 13.5. The second kappa shape index (κ2) is 5.73. The van der Waals surface area contributed by atoms with Crippen LogP contribution in [0.1, 0.15) is 11.6 Å². The normalized spacial score (nSPS) is 11.1. The molecule has 4 aromatic rings. The molecule has 0 saturated heterocycles. The minimum Gasteiger partial charge on any atom is -0.481 e. The number of hydrogen-bond donors (Lipinski definition) is 0. The van der Waals surface area contributed by atoms with Gasteiger partial charge >= 0.3 is 0 Å². The lowest BCUT2D eigenvalue weighted by Gasteiger charge is -2.03. The summed E-state index contributed by atoms with van der Waals surface area (Å²) in [6.45, 7) is 1.79. The Hall–Kier alpha value is -3.29. The molecule has 4 rings (SSSR count). The first-order valence-electron chi connectivity index (χ1n) is 7.13. The van der Waals surface area contributed by atoms with Gasteiger partial charge in [0.1, 0.15) is 0 Å². The molecule has 3 aromatic heterocycles. The fraction of sp³-hybridized carbons (Fsp3) is 0.125. The molecule has 0 atom stereocenters. The largest absolute Gasteiger partial charge is 0.481 e. The fourth-order valence-electron chi connectivity index (χ4n) is 2.19. The summed E-state index contributed by atoms with van der Waals surface area (Å²) in [5.41, 5.74) is 1.80. The van der Waals surface area contributed by atoms with Crippen LogP contribution in [-0.4, -0.2) is 20.3 Å². The highest BCUT2D eigenvalue weighted by Gasteiger charge is 2.13. The van der Waals surface area contributed by atoms with Gasteiger partial charge in [-0.1, -0.05) is 17.3 Å². The van der Waals surface area contributed by atoms with Gasteiger partial charge in [0.15, 0.2) is 18.2 Å². The number of aromatic nitrogens is 4. The smallest absolute Gasteiger partial charge is 0.257 e. The van der Waals surface area contributed by atoms with E-state index in [0.29, 0.717) is 11.3 Å². The van der Waals surface area contributed by atoms with Crippen LogP contribution in [0.2, 0.25) is 0 Å². The van der Waals surface area contributed by atoms with E-state index in [-0.39, 0.29) is 24.1 Å². The van der Waals surface area contributed by atoms with Crippen LogP contribution in [0.5, 0.6) is 5.75 Å². The molecule has 0 amide bonds. The van der Waals surface area contributed by atoms with Crippen molar-refractivity contribution in [1.82, 2.24) is 20.3 Å². The first-order chi connectivity index (χ1) is 11.7. The zero-order chi connectivity index (χ0) is 16.5. The third-order valence-corrected chi connectivity index (χ3v) is 3.41. The lowest BCUT2D eigenvalue weighted by Crippen LogP contribution is -1.97. The Kier molecular flexibility index (Phi) is 3.42. The molecule has 0 radical (unpaired) electrons. The number of fused-ring (bicyclic) bond motifs is 1. The zero-order valence-corrected chi connectivity index (χ0v) is 12.6. The first-order valence-corrected chi connectivity index (χ1v) is 7.13. The van der Waals surface area contributed by atoms with Gasteiger partial charge in [-0.3, -0.25) is 0 Å². The van der Waals surface area contributed by atoms with Crippen LogP contribution < -0.4 is 4.74 Å². The van der Waals surface area contributed by atoms with Gasteiger partial charge in [-0.2, -0.15) is 0 Å². The van der Waals surface area contributed by atoms with Gasteiger partial charge in [0.05, 0.1) is 16.6 Å². The predicted molar refractivity (Wildman–Crippen MR) is 80.6 cm³/mol. The number of rotatable bonds is 4. The molecule has 1 aromatic carbocycles. The molecule has 3 heterocycles. The average molecular weight is 326 g/mol. The van der Waals surface area contributed by atoms with Crippen LogP contribution >= 0.6 is 0 Å². The average Bonchev–Trinajstić information content (AvgIpc) is 3.21. The van der Waals surface area contributed by atoms with E-state index in [9.17, 15) is 4.39 Å². The Labute approximate surface area is 135 Å². The van der Waals surface area contributed by atoms with Gasteiger partial charge in [-0.05, 0) is 25.1 Å². The lowest BCUT2D eigenvalue weighted by molar-refractivity contribution is 0.253. The molecule has 0 aliphatic heterocycles. The number of ether oxygens (including phenoxy) is 1. The highest BCUT2D eigenvalue weighted by molar-refractivity contribution is 5.79. The molecule has 7 nitrogen and oxygen atoms in total. The van der Waals surface area contributed by atoms with E-state index in [1.807, 2.05) is 13.0 Å². The second-order valence-corrected chi connectivity index (χ2v) is 5.06. The minimum absolute atomic E-state index is 0.0318. The van der Waals surface area contributed by atoms with Crippen molar-refractivity contribution in [1.29, 1.82) is 0 Å². The van der Waals surface area contributed by atoms with Crippen LogP contribution in [0.25, 0.3) is 22.6 Å². The summed E-state index contributed by atoms with van der Waals surface area (Å²) in [6.07, 6.45) is 1.56. The second-order valence-electron chi connectivity index (χ2n) is 5.06. The number of nitrogens with zero attached hydrogens (tertiary/aromatic N) is 4. The number of aryl methyl sites for hydroxylation is 1. The van der Waals surface area contributed by atoms with Crippen molar-refractivity contribution < 1.29 is 18.1 Å². The van der Waals surface area contributed by atoms with Crippen molar-refractivity contribution in [2.45, 2.75) is 13.5 Å². The molecule has 0 fully saturated rings. The number of hydrogen-bond acceptors (Lipinski definition) is 7. The Morgan fingerprint density at radius 2 is 2.08 bits per heavy atom. The van der Waals surface area contributed by atoms with E-state index in [0.717, 1.165) is 11.1 Å². The summed E-state index contributed by atoms with van der Waals surface area (Å²) in [5, 5.41) is 12.5. The molecule has 0 spiro atoms. The summed E-state index contributed by atoms with van der Waals surface area (Å²) in [4.78, 5) is 4.16. The highest BCUT2D eigenvalue weighted by atomic mass is 19.1. The van der Waals surface area contributed by atoms with E-state index < -0.39 is 5.82 Å². The highest BCUT2D eigenvalue weighted by Crippen LogP contribution is 2.24.